The van der Waals surface area contributed by atoms with Crippen LogP contribution >= 0.6 is 15.9 Å². The van der Waals surface area contributed by atoms with Crippen molar-refractivity contribution in [1.29, 1.82) is 0 Å². The molecule has 0 N–H and O–H groups in total. The monoisotopic (exact) mass is 733 g/mol. The molecule has 10 heteroatoms. The minimum atomic E-state index is -1.23. The predicted molar refractivity (Wildman–Crippen MR) is 203 cm³/mol. The van der Waals surface area contributed by atoms with Crippen LogP contribution in [-0.2, 0) is 9.47 Å². The van der Waals surface area contributed by atoms with E-state index in [4.69, 9.17) is 24.5 Å². The maximum atomic E-state index is 6.40. The summed E-state index contributed by atoms with van der Waals surface area (Å²) >= 11 is 4.11. The van der Waals surface area contributed by atoms with E-state index in [0.29, 0.717) is 19.4 Å². The van der Waals surface area contributed by atoms with Crippen LogP contribution < -0.4 is 4.90 Å². The summed E-state index contributed by atoms with van der Waals surface area (Å²) in [5, 5.41) is 4.98. The Balaban J connectivity index is 1.39. The first kappa shape index (κ1) is 34.5. The Labute approximate surface area is 291 Å². The van der Waals surface area contributed by atoms with Crippen molar-refractivity contribution in [1.82, 2.24) is 19.6 Å². The van der Waals surface area contributed by atoms with Crippen LogP contribution in [0.4, 0.5) is 5.82 Å². The van der Waals surface area contributed by atoms with Gasteiger partial charge in [0.15, 0.2) is 11.5 Å². The number of aromatic nitrogens is 4. The highest BCUT2D eigenvalue weighted by Crippen LogP contribution is 2.50. The summed E-state index contributed by atoms with van der Waals surface area (Å²) in [4.78, 5) is 12.5. The minimum absolute atomic E-state index is 0.420. The summed E-state index contributed by atoms with van der Waals surface area (Å²) in [6.07, 6.45) is 10.4. The van der Waals surface area contributed by atoms with Gasteiger partial charge in [-0.1, -0.05) is 88.5 Å². The molecule has 4 aromatic rings. The maximum absolute atomic E-state index is 6.40. The zero-order chi connectivity index (χ0) is 33.2. The zero-order valence-electron chi connectivity index (χ0n) is 29.1. The first-order valence-electron chi connectivity index (χ1n) is 17.4. The molecule has 0 saturated heterocycles. The molecule has 1 aromatic carbocycles. The third-order valence-electron chi connectivity index (χ3n) is 9.79. The van der Waals surface area contributed by atoms with E-state index in [-0.39, 0.29) is 0 Å². The number of benzene rings is 1. The fraction of sp³-hybridized carbons (Fsp3) is 0.541. The molecule has 3 heterocycles. The average Bonchev–Trinajstić information content (AvgIpc) is 3.61. The van der Waals surface area contributed by atoms with Gasteiger partial charge in [-0.3, -0.25) is 4.98 Å². The third-order valence-corrected chi connectivity index (χ3v) is 14.0. The number of ether oxygens (including phenoxy) is 2. The maximum Gasteiger partial charge on any atom is 0.165 e. The quantitative estimate of drug-likeness (QED) is 0.0730. The van der Waals surface area contributed by atoms with E-state index in [1.54, 1.807) is 0 Å². The molecule has 3 aromatic heterocycles. The summed E-state index contributed by atoms with van der Waals surface area (Å²) < 4.78 is 15.8. The fourth-order valence-electron chi connectivity index (χ4n) is 7.05. The summed E-state index contributed by atoms with van der Waals surface area (Å²) in [5.41, 5.74) is 6.08. The van der Waals surface area contributed by atoms with Gasteiger partial charge < -0.3 is 14.4 Å². The normalized spacial score (nSPS) is 19.9. The van der Waals surface area contributed by atoms with E-state index in [2.05, 4.69) is 84.4 Å². The van der Waals surface area contributed by atoms with Crippen LogP contribution in [0.3, 0.4) is 0 Å². The Morgan fingerprint density at radius 3 is 2.02 bits per heavy atom. The van der Waals surface area contributed by atoms with Gasteiger partial charge in [0, 0.05) is 58.2 Å². The second-order valence-corrected chi connectivity index (χ2v) is 28.2. The van der Waals surface area contributed by atoms with Crippen LogP contribution in [0.25, 0.3) is 28.0 Å². The molecule has 3 atom stereocenters. The molecule has 1 unspecified atom stereocenters. The Bertz CT molecular complexity index is 1600. The Morgan fingerprint density at radius 1 is 0.809 bits per heavy atom. The molecule has 0 spiro atoms. The topological polar surface area (TPSA) is 64.8 Å². The van der Waals surface area contributed by atoms with E-state index in [1.165, 1.54) is 32.1 Å². The molecule has 6 rings (SSSR count). The smallest absolute Gasteiger partial charge is 0.165 e. The minimum Gasteiger partial charge on any atom is -0.361 e. The number of pyridine rings is 1. The van der Waals surface area contributed by atoms with Gasteiger partial charge in [-0.05, 0) is 65.2 Å². The van der Waals surface area contributed by atoms with Gasteiger partial charge >= 0.3 is 0 Å². The van der Waals surface area contributed by atoms with Gasteiger partial charge in [-0.15, -0.1) is 0 Å². The van der Waals surface area contributed by atoms with Crippen LogP contribution in [-0.4, -0.2) is 62.4 Å². The summed E-state index contributed by atoms with van der Waals surface area (Å²) in [7, 11) is -2.45. The van der Waals surface area contributed by atoms with E-state index in [9.17, 15) is 0 Å². The van der Waals surface area contributed by atoms with Gasteiger partial charge in [0.1, 0.15) is 13.5 Å². The Hall–Kier alpha value is -2.38. The van der Waals surface area contributed by atoms with Crippen molar-refractivity contribution in [2.24, 2.45) is 11.8 Å². The first-order chi connectivity index (χ1) is 22.4. The SMILES string of the molecule is C[Si](C)(C)CCOCN(COCC[Si](C)(C)C)c1c(Br)c(C2C[C@H]3CC[C@@H](C2)C3)nc2c(-c3ccc(-c4ccccc4)nc3)cnn12. The van der Waals surface area contributed by atoms with Crippen LogP contribution in [0.1, 0.15) is 43.7 Å². The highest BCUT2D eigenvalue weighted by atomic mass is 79.9. The van der Waals surface area contributed by atoms with Crippen molar-refractivity contribution in [3.8, 4) is 22.4 Å². The molecule has 7 nitrogen and oxygen atoms in total. The fourth-order valence-corrected chi connectivity index (χ4v) is 9.40. The van der Waals surface area contributed by atoms with Gasteiger partial charge in [-0.25, -0.2) is 4.98 Å². The van der Waals surface area contributed by atoms with Crippen molar-refractivity contribution in [3.05, 3.63) is 65.0 Å². The van der Waals surface area contributed by atoms with Crippen molar-refractivity contribution in [3.63, 3.8) is 0 Å². The third kappa shape index (κ3) is 8.62. The summed E-state index contributed by atoms with van der Waals surface area (Å²) in [5.74, 6) is 2.99. The highest BCUT2D eigenvalue weighted by Gasteiger charge is 2.37. The van der Waals surface area contributed by atoms with E-state index in [0.717, 1.165) is 81.2 Å². The van der Waals surface area contributed by atoms with Crippen LogP contribution in [0.2, 0.25) is 51.4 Å². The van der Waals surface area contributed by atoms with Crippen molar-refractivity contribution >= 4 is 43.5 Å². The molecular weight excluding hydrogens is 683 g/mol. The first-order valence-corrected chi connectivity index (χ1v) is 25.7. The second kappa shape index (κ2) is 14.6. The number of nitrogens with zero attached hydrogens (tertiary/aromatic N) is 5. The lowest BCUT2D eigenvalue weighted by atomic mass is 9.79. The lowest BCUT2D eigenvalue weighted by Crippen LogP contribution is -2.34. The molecule has 0 radical (unpaired) electrons. The van der Waals surface area contributed by atoms with Gasteiger partial charge in [0.25, 0.3) is 0 Å². The Morgan fingerprint density at radius 2 is 1.45 bits per heavy atom. The number of fused-ring (bicyclic) bond motifs is 3. The number of halogens is 1. The predicted octanol–water partition coefficient (Wildman–Crippen LogP) is 9.95. The van der Waals surface area contributed by atoms with Gasteiger partial charge in [0.2, 0.25) is 0 Å². The highest BCUT2D eigenvalue weighted by molar-refractivity contribution is 9.10. The van der Waals surface area contributed by atoms with Crippen molar-refractivity contribution < 1.29 is 9.47 Å². The molecule has 47 heavy (non-hydrogen) atoms. The molecule has 0 amide bonds. The number of anilines is 1. The second-order valence-electron chi connectivity index (χ2n) is 16.2. The van der Waals surface area contributed by atoms with Crippen LogP contribution in [0.15, 0.2) is 59.3 Å². The van der Waals surface area contributed by atoms with Crippen LogP contribution in [0.5, 0.6) is 0 Å². The number of hydrogen-bond acceptors (Lipinski definition) is 6. The lowest BCUT2D eigenvalue weighted by Gasteiger charge is -2.31. The molecule has 2 aliphatic rings. The molecule has 252 valence electrons. The van der Waals surface area contributed by atoms with Crippen molar-refractivity contribution in [2.75, 3.05) is 31.6 Å². The standard InChI is InChI=1S/C37H52BrN5O2Si2/c1-46(2,3)18-16-44-25-42(26-45-17-19-47(4,5)6)37-34(38)35(31-21-27-12-13-28(20-27)22-31)41-36-32(24-40-43(36)37)30-14-15-33(39-23-30)29-10-8-7-9-11-29/h7-11,14-15,23-24,27-28,31H,12-13,16-22,25-26H2,1-6H3/t27-,28+,31?. The van der Waals surface area contributed by atoms with Gasteiger partial charge in [0.05, 0.1) is 22.1 Å². The molecule has 2 aliphatic carbocycles. The Kier molecular flexibility index (Phi) is 10.7. The largest absolute Gasteiger partial charge is 0.361 e. The molecule has 0 aliphatic heterocycles. The van der Waals surface area contributed by atoms with Gasteiger partial charge in [-0.2, -0.15) is 9.61 Å². The number of rotatable bonds is 14. The number of hydrogen-bond donors (Lipinski definition) is 0. The summed E-state index contributed by atoms with van der Waals surface area (Å²) in [6, 6.07) is 16.8. The van der Waals surface area contributed by atoms with Crippen molar-refractivity contribution in [2.45, 2.75) is 89.4 Å². The molecule has 2 bridgehead atoms. The van der Waals surface area contributed by atoms with Crippen LogP contribution in [0, 0.1) is 11.8 Å². The molecule has 2 fully saturated rings. The molecular formula is C37H52BrN5O2Si2. The average molecular weight is 735 g/mol. The summed E-state index contributed by atoms with van der Waals surface area (Å²) in [6.45, 7) is 16.7. The zero-order valence-corrected chi connectivity index (χ0v) is 32.7. The van der Waals surface area contributed by atoms with E-state index >= 15 is 0 Å². The lowest BCUT2D eigenvalue weighted by molar-refractivity contribution is 0.0941. The van der Waals surface area contributed by atoms with E-state index < -0.39 is 16.1 Å². The van der Waals surface area contributed by atoms with E-state index in [1.807, 2.05) is 35.1 Å². The molecule has 2 saturated carbocycles.